The van der Waals surface area contributed by atoms with Crippen LogP contribution in [0.2, 0.25) is 0 Å². The number of nitrogens with zero attached hydrogens (tertiary/aromatic N) is 1. The smallest absolute Gasteiger partial charge is 0.0213 e. The Labute approximate surface area is 138 Å². The van der Waals surface area contributed by atoms with E-state index in [1.165, 1.54) is 36.0 Å². The number of hydrogen-bond donors (Lipinski definition) is 1. The van der Waals surface area contributed by atoms with Gasteiger partial charge in [0.05, 0.1) is 0 Å². The monoisotopic (exact) mass is 352 g/mol. The van der Waals surface area contributed by atoms with Gasteiger partial charge in [0.1, 0.15) is 0 Å². The molecule has 0 bridgehead atoms. The fraction of sp³-hybridized carbons (Fsp3) is 0.667. The van der Waals surface area contributed by atoms with Crippen molar-refractivity contribution in [3.05, 3.63) is 34.3 Å². The normalized spacial score (nSPS) is 18.4. The van der Waals surface area contributed by atoms with E-state index in [1.807, 2.05) is 0 Å². The number of rotatable bonds is 5. The first kappa shape index (κ1) is 17.0. The standard InChI is InChI=1S/C18H29BrN2/c1-14(2)21-11-9-15(10-12-21)20-13-18(3,4)16-7-5-6-8-17(16)19/h5-8,14-15,20H,9-13H2,1-4H3. The van der Waals surface area contributed by atoms with Gasteiger partial charge in [-0.2, -0.15) is 0 Å². The maximum Gasteiger partial charge on any atom is 0.0213 e. The van der Waals surface area contributed by atoms with Gasteiger partial charge in [-0.05, 0) is 51.4 Å². The second-order valence-electron chi connectivity index (χ2n) is 7.15. The van der Waals surface area contributed by atoms with Crippen molar-refractivity contribution in [2.75, 3.05) is 19.6 Å². The number of halogens is 1. The SMILES string of the molecule is CC(C)N1CCC(NCC(C)(C)c2ccccc2Br)CC1. The van der Waals surface area contributed by atoms with Gasteiger partial charge < -0.3 is 10.2 Å². The quantitative estimate of drug-likeness (QED) is 0.854. The summed E-state index contributed by atoms with van der Waals surface area (Å²) < 4.78 is 1.21. The van der Waals surface area contributed by atoms with E-state index in [1.54, 1.807) is 0 Å². The molecule has 0 radical (unpaired) electrons. The van der Waals surface area contributed by atoms with Crippen LogP contribution in [0, 0.1) is 0 Å². The van der Waals surface area contributed by atoms with Gasteiger partial charge in [0.2, 0.25) is 0 Å². The molecule has 21 heavy (non-hydrogen) atoms. The van der Waals surface area contributed by atoms with E-state index in [2.05, 4.69) is 78.1 Å². The van der Waals surface area contributed by atoms with Crippen molar-refractivity contribution in [2.45, 2.75) is 58.0 Å². The van der Waals surface area contributed by atoms with Crippen LogP contribution in [0.3, 0.4) is 0 Å². The molecule has 0 unspecified atom stereocenters. The molecule has 1 aliphatic heterocycles. The molecule has 118 valence electrons. The zero-order chi connectivity index (χ0) is 15.5. The Morgan fingerprint density at radius 1 is 1.24 bits per heavy atom. The largest absolute Gasteiger partial charge is 0.313 e. The molecule has 1 aliphatic rings. The minimum Gasteiger partial charge on any atom is -0.313 e. The highest BCUT2D eigenvalue weighted by Gasteiger charge is 2.26. The van der Waals surface area contributed by atoms with E-state index in [4.69, 9.17) is 0 Å². The average molecular weight is 353 g/mol. The molecule has 0 spiro atoms. The van der Waals surface area contributed by atoms with Crippen LogP contribution >= 0.6 is 15.9 Å². The van der Waals surface area contributed by atoms with Gasteiger partial charge in [-0.1, -0.05) is 48.0 Å². The molecule has 0 amide bonds. The molecule has 1 N–H and O–H groups in total. The second-order valence-corrected chi connectivity index (χ2v) is 8.00. The van der Waals surface area contributed by atoms with E-state index in [-0.39, 0.29) is 5.41 Å². The number of hydrogen-bond acceptors (Lipinski definition) is 2. The fourth-order valence-electron chi connectivity index (χ4n) is 3.12. The highest BCUT2D eigenvalue weighted by Crippen LogP contribution is 2.29. The van der Waals surface area contributed by atoms with Crippen LogP contribution in [0.4, 0.5) is 0 Å². The summed E-state index contributed by atoms with van der Waals surface area (Å²) in [4.78, 5) is 2.58. The average Bonchev–Trinajstić information content (AvgIpc) is 2.46. The summed E-state index contributed by atoms with van der Waals surface area (Å²) in [5.74, 6) is 0. The third-order valence-electron chi connectivity index (χ3n) is 4.70. The minimum atomic E-state index is 0.148. The van der Waals surface area contributed by atoms with Gasteiger partial charge in [-0.25, -0.2) is 0 Å². The lowest BCUT2D eigenvalue weighted by atomic mass is 9.84. The zero-order valence-corrected chi connectivity index (χ0v) is 15.4. The molecule has 1 saturated heterocycles. The summed E-state index contributed by atoms with van der Waals surface area (Å²) in [6.07, 6.45) is 2.54. The van der Waals surface area contributed by atoms with Crippen molar-refractivity contribution < 1.29 is 0 Å². The van der Waals surface area contributed by atoms with E-state index >= 15 is 0 Å². The van der Waals surface area contributed by atoms with Crippen molar-refractivity contribution in [3.63, 3.8) is 0 Å². The summed E-state index contributed by atoms with van der Waals surface area (Å²) in [5.41, 5.74) is 1.53. The molecule has 1 aromatic carbocycles. The minimum absolute atomic E-state index is 0.148. The first-order valence-electron chi connectivity index (χ1n) is 8.12. The molecule has 1 heterocycles. The lowest BCUT2D eigenvalue weighted by Gasteiger charge is -2.37. The highest BCUT2D eigenvalue weighted by molar-refractivity contribution is 9.10. The first-order valence-corrected chi connectivity index (χ1v) is 8.92. The second kappa shape index (κ2) is 7.26. The maximum atomic E-state index is 3.80. The molecule has 0 aliphatic carbocycles. The van der Waals surface area contributed by atoms with Crippen molar-refractivity contribution in [2.24, 2.45) is 0 Å². The van der Waals surface area contributed by atoms with E-state index in [0.29, 0.717) is 12.1 Å². The van der Waals surface area contributed by atoms with Crippen LogP contribution in [0.25, 0.3) is 0 Å². The number of likely N-dealkylation sites (tertiary alicyclic amines) is 1. The van der Waals surface area contributed by atoms with Crippen molar-refractivity contribution in [1.82, 2.24) is 10.2 Å². The van der Waals surface area contributed by atoms with E-state index in [0.717, 1.165) is 6.54 Å². The van der Waals surface area contributed by atoms with Crippen molar-refractivity contribution >= 4 is 15.9 Å². The Morgan fingerprint density at radius 2 is 1.86 bits per heavy atom. The predicted octanol–water partition coefficient (Wildman–Crippen LogP) is 4.19. The zero-order valence-electron chi connectivity index (χ0n) is 13.8. The van der Waals surface area contributed by atoms with Crippen molar-refractivity contribution in [3.8, 4) is 0 Å². The Kier molecular flexibility index (Phi) is 5.87. The number of nitrogens with one attached hydrogen (secondary N) is 1. The van der Waals surface area contributed by atoms with Gasteiger partial charge >= 0.3 is 0 Å². The van der Waals surface area contributed by atoms with Gasteiger partial charge in [0, 0.05) is 28.5 Å². The molecular formula is C18H29BrN2. The van der Waals surface area contributed by atoms with Crippen LogP contribution < -0.4 is 5.32 Å². The van der Waals surface area contributed by atoms with Gasteiger partial charge in [0.15, 0.2) is 0 Å². The molecule has 1 aromatic rings. The Bertz CT molecular complexity index is 448. The van der Waals surface area contributed by atoms with E-state index in [9.17, 15) is 0 Å². The summed E-state index contributed by atoms with van der Waals surface area (Å²) in [5, 5.41) is 3.80. The van der Waals surface area contributed by atoms with Crippen LogP contribution in [-0.4, -0.2) is 36.6 Å². The van der Waals surface area contributed by atoms with Gasteiger partial charge in [0.25, 0.3) is 0 Å². The van der Waals surface area contributed by atoms with E-state index < -0.39 is 0 Å². The predicted molar refractivity (Wildman–Crippen MR) is 94.9 cm³/mol. The van der Waals surface area contributed by atoms with Crippen LogP contribution in [0.1, 0.15) is 46.1 Å². The third kappa shape index (κ3) is 4.54. The molecule has 2 nitrogen and oxygen atoms in total. The Balaban J connectivity index is 1.87. The number of benzene rings is 1. The Morgan fingerprint density at radius 3 is 2.43 bits per heavy atom. The highest BCUT2D eigenvalue weighted by atomic mass is 79.9. The third-order valence-corrected chi connectivity index (χ3v) is 5.39. The molecular weight excluding hydrogens is 324 g/mol. The number of piperidine rings is 1. The molecule has 0 saturated carbocycles. The van der Waals surface area contributed by atoms with Crippen LogP contribution in [-0.2, 0) is 5.41 Å². The molecule has 1 fully saturated rings. The van der Waals surface area contributed by atoms with Crippen LogP contribution in [0.15, 0.2) is 28.7 Å². The van der Waals surface area contributed by atoms with Crippen molar-refractivity contribution in [1.29, 1.82) is 0 Å². The Hall–Kier alpha value is -0.380. The molecule has 0 atom stereocenters. The fourth-order valence-corrected chi connectivity index (χ4v) is 3.95. The molecule has 0 aromatic heterocycles. The lowest BCUT2D eigenvalue weighted by molar-refractivity contribution is 0.159. The molecule has 3 heteroatoms. The topological polar surface area (TPSA) is 15.3 Å². The summed E-state index contributed by atoms with van der Waals surface area (Å²) in [6.45, 7) is 12.7. The summed E-state index contributed by atoms with van der Waals surface area (Å²) >= 11 is 3.69. The summed E-state index contributed by atoms with van der Waals surface area (Å²) in [6, 6.07) is 9.93. The van der Waals surface area contributed by atoms with Crippen LogP contribution in [0.5, 0.6) is 0 Å². The van der Waals surface area contributed by atoms with Gasteiger partial charge in [-0.15, -0.1) is 0 Å². The maximum absolute atomic E-state index is 3.80. The summed E-state index contributed by atoms with van der Waals surface area (Å²) in [7, 11) is 0. The molecule has 2 rings (SSSR count). The first-order chi connectivity index (χ1) is 9.90. The lowest BCUT2D eigenvalue weighted by Crippen LogP contribution is -2.47. The van der Waals surface area contributed by atoms with Gasteiger partial charge in [-0.3, -0.25) is 0 Å².